The van der Waals surface area contributed by atoms with Gasteiger partial charge in [0.2, 0.25) is 0 Å². The highest BCUT2D eigenvalue weighted by atomic mass is 79.9. The zero-order chi connectivity index (χ0) is 8.10. The second kappa shape index (κ2) is 6.43. The van der Waals surface area contributed by atoms with E-state index in [0.717, 1.165) is 5.33 Å². The summed E-state index contributed by atoms with van der Waals surface area (Å²) in [6.07, 6.45) is 0. The standard InChI is InChI=1S/C8H8BrFO.BrH/c9-5-6-11-8-3-1-7(10)2-4-8;/h1-4H,5-6H2;1H. The van der Waals surface area contributed by atoms with E-state index < -0.39 is 0 Å². The fraction of sp³-hybridized carbons (Fsp3) is 0.250. The van der Waals surface area contributed by atoms with Crippen LogP contribution in [0.25, 0.3) is 0 Å². The van der Waals surface area contributed by atoms with Crippen LogP contribution in [0, 0.1) is 5.82 Å². The summed E-state index contributed by atoms with van der Waals surface area (Å²) in [7, 11) is 0. The third-order valence-corrected chi connectivity index (χ3v) is 1.48. The van der Waals surface area contributed by atoms with Gasteiger partial charge < -0.3 is 4.74 Å². The normalized spacial score (nSPS) is 8.83. The van der Waals surface area contributed by atoms with Crippen LogP contribution in [0.15, 0.2) is 24.3 Å². The summed E-state index contributed by atoms with van der Waals surface area (Å²) in [5, 5.41) is 0.782. The number of rotatable bonds is 3. The van der Waals surface area contributed by atoms with Crippen LogP contribution < -0.4 is 4.74 Å². The van der Waals surface area contributed by atoms with Crippen LogP contribution in [0.2, 0.25) is 0 Å². The Kier molecular flexibility index (Phi) is 6.38. The van der Waals surface area contributed by atoms with Crippen molar-refractivity contribution in [3.05, 3.63) is 30.1 Å². The van der Waals surface area contributed by atoms with Crippen LogP contribution in [0.1, 0.15) is 0 Å². The number of hydrogen-bond donors (Lipinski definition) is 0. The molecule has 1 aromatic carbocycles. The van der Waals surface area contributed by atoms with Gasteiger partial charge in [0.15, 0.2) is 0 Å². The average Bonchev–Trinajstić information content (AvgIpc) is 2.04. The lowest BCUT2D eigenvalue weighted by molar-refractivity contribution is 0.344. The van der Waals surface area contributed by atoms with Gasteiger partial charge in [-0.25, -0.2) is 4.39 Å². The molecule has 0 aromatic heterocycles. The first-order chi connectivity index (χ1) is 5.33. The Bertz CT molecular complexity index is 213. The molecule has 0 N–H and O–H groups in total. The highest BCUT2D eigenvalue weighted by Gasteiger charge is 1.92. The summed E-state index contributed by atoms with van der Waals surface area (Å²) in [5.41, 5.74) is 0. The Labute approximate surface area is 89.8 Å². The van der Waals surface area contributed by atoms with Gasteiger partial charge in [-0.05, 0) is 24.3 Å². The monoisotopic (exact) mass is 298 g/mol. The quantitative estimate of drug-likeness (QED) is 0.779. The molecule has 0 saturated carbocycles. The molecule has 1 rings (SSSR count). The molecular formula is C8H9Br2FO. The lowest BCUT2D eigenvalue weighted by atomic mass is 10.3. The number of alkyl halides is 1. The SMILES string of the molecule is Br.Fc1ccc(OCCBr)cc1. The van der Waals surface area contributed by atoms with Gasteiger partial charge in [0.05, 0.1) is 6.61 Å². The second-order valence-electron chi connectivity index (χ2n) is 1.99. The van der Waals surface area contributed by atoms with E-state index in [4.69, 9.17) is 4.74 Å². The fourth-order valence-corrected chi connectivity index (χ4v) is 0.849. The van der Waals surface area contributed by atoms with Gasteiger partial charge >= 0.3 is 0 Å². The molecule has 0 atom stereocenters. The van der Waals surface area contributed by atoms with Crippen molar-refractivity contribution in [1.82, 2.24) is 0 Å². The summed E-state index contributed by atoms with van der Waals surface area (Å²) in [6.45, 7) is 0.603. The molecule has 1 nitrogen and oxygen atoms in total. The van der Waals surface area contributed by atoms with E-state index >= 15 is 0 Å². The Morgan fingerprint density at radius 3 is 2.33 bits per heavy atom. The Morgan fingerprint density at radius 2 is 1.83 bits per heavy atom. The maximum atomic E-state index is 12.3. The van der Waals surface area contributed by atoms with Crippen LogP contribution in [-0.4, -0.2) is 11.9 Å². The van der Waals surface area contributed by atoms with Crippen molar-refractivity contribution < 1.29 is 9.13 Å². The van der Waals surface area contributed by atoms with Crippen LogP contribution in [0.4, 0.5) is 4.39 Å². The number of benzene rings is 1. The number of ether oxygens (including phenoxy) is 1. The molecule has 4 heteroatoms. The van der Waals surface area contributed by atoms with E-state index in [1.807, 2.05) is 0 Å². The molecule has 0 fully saturated rings. The minimum Gasteiger partial charge on any atom is -0.493 e. The molecule has 68 valence electrons. The molecule has 0 saturated heterocycles. The first kappa shape index (κ1) is 11.9. The number of halogens is 3. The van der Waals surface area contributed by atoms with Gasteiger partial charge in [-0.2, -0.15) is 0 Å². The third kappa shape index (κ3) is 4.07. The molecule has 1 aromatic rings. The van der Waals surface area contributed by atoms with Crippen molar-refractivity contribution in [2.45, 2.75) is 0 Å². The van der Waals surface area contributed by atoms with E-state index in [0.29, 0.717) is 12.4 Å². The van der Waals surface area contributed by atoms with Crippen molar-refractivity contribution in [2.75, 3.05) is 11.9 Å². The molecule has 0 aliphatic carbocycles. The summed E-state index contributed by atoms with van der Waals surface area (Å²) in [4.78, 5) is 0. The second-order valence-corrected chi connectivity index (χ2v) is 2.78. The predicted octanol–water partition coefficient (Wildman–Crippen LogP) is 3.18. The fourth-order valence-electron chi connectivity index (χ4n) is 0.687. The molecule has 0 amide bonds. The van der Waals surface area contributed by atoms with Gasteiger partial charge in [0.25, 0.3) is 0 Å². The predicted molar refractivity (Wildman–Crippen MR) is 56.0 cm³/mol. The molecule has 0 spiro atoms. The maximum absolute atomic E-state index is 12.3. The van der Waals surface area contributed by atoms with Crippen LogP contribution in [0.3, 0.4) is 0 Å². The van der Waals surface area contributed by atoms with Gasteiger partial charge in [0.1, 0.15) is 11.6 Å². The van der Waals surface area contributed by atoms with Crippen molar-refractivity contribution in [2.24, 2.45) is 0 Å². The lowest BCUT2D eigenvalue weighted by Gasteiger charge is -2.01. The molecule has 0 heterocycles. The third-order valence-electron chi connectivity index (χ3n) is 1.16. The molecular weight excluding hydrogens is 291 g/mol. The molecule has 0 unspecified atom stereocenters. The molecule has 0 aliphatic heterocycles. The minimum absolute atomic E-state index is 0. The average molecular weight is 300 g/mol. The summed E-state index contributed by atoms with van der Waals surface area (Å²) in [6, 6.07) is 5.98. The van der Waals surface area contributed by atoms with Crippen LogP contribution >= 0.6 is 32.9 Å². The van der Waals surface area contributed by atoms with Crippen molar-refractivity contribution in [3.8, 4) is 5.75 Å². The lowest BCUT2D eigenvalue weighted by Crippen LogP contribution is -1.97. The van der Waals surface area contributed by atoms with Crippen LogP contribution in [-0.2, 0) is 0 Å². The topological polar surface area (TPSA) is 9.23 Å². The molecule has 0 aliphatic rings. The van der Waals surface area contributed by atoms with Gasteiger partial charge in [-0.15, -0.1) is 17.0 Å². The Balaban J connectivity index is 0.00000121. The van der Waals surface area contributed by atoms with Crippen molar-refractivity contribution in [3.63, 3.8) is 0 Å². The zero-order valence-electron chi connectivity index (χ0n) is 6.30. The first-order valence-electron chi connectivity index (χ1n) is 3.27. The van der Waals surface area contributed by atoms with Gasteiger partial charge in [-0.1, -0.05) is 15.9 Å². The summed E-state index contributed by atoms with van der Waals surface area (Å²) < 4.78 is 17.5. The Morgan fingerprint density at radius 1 is 1.25 bits per heavy atom. The van der Waals surface area contributed by atoms with E-state index in [9.17, 15) is 4.39 Å². The van der Waals surface area contributed by atoms with Crippen molar-refractivity contribution in [1.29, 1.82) is 0 Å². The van der Waals surface area contributed by atoms with E-state index in [1.165, 1.54) is 12.1 Å². The largest absolute Gasteiger partial charge is 0.493 e. The highest BCUT2D eigenvalue weighted by Crippen LogP contribution is 2.10. The van der Waals surface area contributed by atoms with Crippen molar-refractivity contribution >= 4 is 32.9 Å². The highest BCUT2D eigenvalue weighted by molar-refractivity contribution is 9.09. The molecule has 0 radical (unpaired) electrons. The van der Waals surface area contributed by atoms with Crippen LogP contribution in [0.5, 0.6) is 5.75 Å². The maximum Gasteiger partial charge on any atom is 0.123 e. The summed E-state index contributed by atoms with van der Waals surface area (Å²) in [5.74, 6) is 0.460. The number of hydrogen-bond acceptors (Lipinski definition) is 1. The Hall–Kier alpha value is -0.0900. The van der Waals surface area contributed by atoms with Gasteiger partial charge in [-0.3, -0.25) is 0 Å². The summed E-state index contributed by atoms with van der Waals surface area (Å²) >= 11 is 3.22. The molecule has 0 bridgehead atoms. The van der Waals surface area contributed by atoms with Gasteiger partial charge in [0, 0.05) is 5.33 Å². The minimum atomic E-state index is -0.240. The van der Waals surface area contributed by atoms with E-state index in [1.54, 1.807) is 12.1 Å². The zero-order valence-corrected chi connectivity index (χ0v) is 9.60. The molecule has 12 heavy (non-hydrogen) atoms. The first-order valence-corrected chi connectivity index (χ1v) is 4.39. The van der Waals surface area contributed by atoms with E-state index in [-0.39, 0.29) is 22.8 Å². The smallest absolute Gasteiger partial charge is 0.123 e. The van der Waals surface area contributed by atoms with E-state index in [2.05, 4.69) is 15.9 Å².